The van der Waals surface area contributed by atoms with Gasteiger partial charge in [0.05, 0.1) is 0 Å². The normalized spacial score (nSPS) is 12.1. The molecule has 3 aromatic rings. The number of rotatable bonds is 10. The first-order chi connectivity index (χ1) is 17.3. The molecule has 0 radical (unpaired) electrons. The Kier molecular flexibility index (Phi) is 9.51. The summed E-state index contributed by atoms with van der Waals surface area (Å²) in [6.45, 7) is 3.93. The van der Waals surface area contributed by atoms with Crippen LogP contribution in [0.2, 0.25) is 0 Å². The van der Waals surface area contributed by atoms with E-state index in [-0.39, 0.29) is 18.2 Å². The molecule has 7 heteroatoms. The van der Waals surface area contributed by atoms with Gasteiger partial charge in [0.1, 0.15) is 24.2 Å². The maximum Gasteiger partial charge on any atom is 0.328 e. The molecule has 2 N–H and O–H groups in total. The van der Waals surface area contributed by atoms with Crippen molar-refractivity contribution in [2.75, 3.05) is 0 Å². The summed E-state index contributed by atoms with van der Waals surface area (Å²) < 4.78 is 18.8. The smallest absolute Gasteiger partial charge is 0.328 e. The third-order valence-electron chi connectivity index (χ3n) is 5.23. The Morgan fingerprint density at radius 1 is 0.889 bits per heavy atom. The number of hydrogen-bond acceptors (Lipinski definition) is 4. The van der Waals surface area contributed by atoms with Gasteiger partial charge in [0.25, 0.3) is 11.8 Å². The second kappa shape index (κ2) is 13.0. The van der Waals surface area contributed by atoms with Crippen LogP contribution in [0.15, 0.2) is 90.6 Å². The lowest BCUT2D eigenvalue weighted by molar-refractivity contribution is -0.149. The van der Waals surface area contributed by atoms with Crippen LogP contribution in [0.5, 0.6) is 0 Å². The molecule has 3 aromatic carbocycles. The van der Waals surface area contributed by atoms with E-state index in [1.807, 2.05) is 44.2 Å². The molecule has 0 spiro atoms. The Labute approximate surface area is 210 Å². The zero-order chi connectivity index (χ0) is 25.9. The number of amides is 2. The standard InChI is InChI=1S/C29H29FN2O4/c1-20(2)17-26(29(35)36-19-22-9-5-3-6-10-22)32-28(34)25(18-21-13-15-24(30)16-14-21)31-27(33)23-11-7-4-8-12-23/h3-16,18,20,26H,17,19H2,1-2H3,(H,31,33)(H,32,34)/b25-18-/t26-/m0/s1. The van der Waals surface area contributed by atoms with Crippen LogP contribution in [-0.2, 0) is 20.9 Å². The minimum atomic E-state index is -0.925. The topological polar surface area (TPSA) is 84.5 Å². The Bertz CT molecular complexity index is 1190. The van der Waals surface area contributed by atoms with Crippen molar-refractivity contribution in [3.8, 4) is 0 Å². The number of ether oxygens (including phenoxy) is 1. The highest BCUT2D eigenvalue weighted by atomic mass is 19.1. The molecule has 186 valence electrons. The van der Waals surface area contributed by atoms with Crippen molar-refractivity contribution in [3.05, 3.63) is 113 Å². The van der Waals surface area contributed by atoms with E-state index in [0.29, 0.717) is 17.5 Å². The molecule has 0 saturated carbocycles. The van der Waals surface area contributed by atoms with Crippen molar-refractivity contribution in [2.24, 2.45) is 5.92 Å². The average molecular weight is 489 g/mol. The molecule has 0 bridgehead atoms. The van der Waals surface area contributed by atoms with E-state index in [1.165, 1.54) is 30.3 Å². The van der Waals surface area contributed by atoms with Crippen LogP contribution in [0.4, 0.5) is 4.39 Å². The highest BCUT2D eigenvalue weighted by molar-refractivity contribution is 6.06. The number of benzene rings is 3. The number of halogens is 1. The number of hydrogen-bond donors (Lipinski definition) is 2. The van der Waals surface area contributed by atoms with Crippen LogP contribution >= 0.6 is 0 Å². The van der Waals surface area contributed by atoms with E-state index >= 15 is 0 Å². The van der Waals surface area contributed by atoms with Gasteiger partial charge in [-0.3, -0.25) is 9.59 Å². The van der Waals surface area contributed by atoms with Gasteiger partial charge in [0.15, 0.2) is 0 Å². The predicted octanol–water partition coefficient (Wildman–Crippen LogP) is 4.87. The molecule has 6 nitrogen and oxygen atoms in total. The van der Waals surface area contributed by atoms with Gasteiger partial charge in [0, 0.05) is 5.56 Å². The lowest BCUT2D eigenvalue weighted by Crippen LogP contribution is -2.45. The maximum atomic E-state index is 13.4. The highest BCUT2D eigenvalue weighted by Gasteiger charge is 2.26. The minimum absolute atomic E-state index is 0.0765. The van der Waals surface area contributed by atoms with E-state index in [9.17, 15) is 18.8 Å². The molecule has 0 aromatic heterocycles. The van der Waals surface area contributed by atoms with Gasteiger partial charge >= 0.3 is 5.97 Å². The first kappa shape index (κ1) is 26.3. The molecule has 0 heterocycles. The highest BCUT2D eigenvalue weighted by Crippen LogP contribution is 2.12. The molecule has 36 heavy (non-hydrogen) atoms. The first-order valence-electron chi connectivity index (χ1n) is 11.7. The van der Waals surface area contributed by atoms with Crippen LogP contribution in [0.25, 0.3) is 6.08 Å². The Morgan fingerprint density at radius 3 is 2.11 bits per heavy atom. The molecule has 3 rings (SSSR count). The van der Waals surface area contributed by atoms with Crippen molar-refractivity contribution < 1.29 is 23.5 Å². The van der Waals surface area contributed by atoms with Gasteiger partial charge in [-0.2, -0.15) is 0 Å². The molecule has 0 fully saturated rings. The SMILES string of the molecule is CC(C)C[C@H](NC(=O)/C(=C/c1ccc(F)cc1)NC(=O)c1ccccc1)C(=O)OCc1ccccc1. The number of nitrogens with one attached hydrogen (secondary N) is 2. The Balaban J connectivity index is 1.80. The molecule has 0 saturated heterocycles. The molecule has 2 amide bonds. The Morgan fingerprint density at radius 2 is 1.50 bits per heavy atom. The van der Waals surface area contributed by atoms with Crippen molar-refractivity contribution >= 4 is 23.9 Å². The largest absolute Gasteiger partial charge is 0.459 e. The predicted molar refractivity (Wildman–Crippen MR) is 136 cm³/mol. The van der Waals surface area contributed by atoms with Gasteiger partial charge in [-0.1, -0.05) is 74.5 Å². The van der Waals surface area contributed by atoms with Gasteiger partial charge in [-0.25, -0.2) is 9.18 Å². The van der Waals surface area contributed by atoms with E-state index in [1.54, 1.807) is 30.3 Å². The van der Waals surface area contributed by atoms with Crippen LogP contribution in [-0.4, -0.2) is 23.8 Å². The van der Waals surface area contributed by atoms with Crippen molar-refractivity contribution in [1.82, 2.24) is 10.6 Å². The third-order valence-corrected chi connectivity index (χ3v) is 5.23. The average Bonchev–Trinajstić information content (AvgIpc) is 2.88. The lowest BCUT2D eigenvalue weighted by atomic mass is 10.0. The number of esters is 1. The quantitative estimate of drug-likeness (QED) is 0.315. The molecule has 0 aliphatic heterocycles. The summed E-state index contributed by atoms with van der Waals surface area (Å²) in [6, 6.07) is 22.2. The van der Waals surface area contributed by atoms with Gasteiger partial charge in [0.2, 0.25) is 0 Å². The van der Waals surface area contributed by atoms with E-state index in [2.05, 4.69) is 10.6 Å². The van der Waals surface area contributed by atoms with Crippen LogP contribution in [0.3, 0.4) is 0 Å². The summed E-state index contributed by atoms with van der Waals surface area (Å²) >= 11 is 0. The van der Waals surface area contributed by atoms with Crippen molar-refractivity contribution in [1.29, 1.82) is 0 Å². The number of carbonyl (C=O) groups is 3. The van der Waals surface area contributed by atoms with E-state index in [0.717, 1.165) is 5.56 Å². The first-order valence-corrected chi connectivity index (χ1v) is 11.7. The fourth-order valence-electron chi connectivity index (χ4n) is 3.42. The van der Waals surface area contributed by atoms with Gasteiger partial charge in [-0.15, -0.1) is 0 Å². The maximum absolute atomic E-state index is 13.4. The van der Waals surface area contributed by atoms with Gasteiger partial charge < -0.3 is 15.4 Å². The summed E-state index contributed by atoms with van der Waals surface area (Å²) in [6.07, 6.45) is 1.77. The fourth-order valence-corrected chi connectivity index (χ4v) is 3.42. The summed E-state index contributed by atoms with van der Waals surface area (Å²) in [5.41, 5.74) is 1.60. The van der Waals surface area contributed by atoms with Crippen LogP contribution in [0.1, 0.15) is 41.8 Å². The molecule has 0 unspecified atom stereocenters. The second-order valence-electron chi connectivity index (χ2n) is 8.68. The summed E-state index contributed by atoms with van der Waals surface area (Å²) in [5, 5.41) is 5.32. The zero-order valence-corrected chi connectivity index (χ0v) is 20.2. The lowest BCUT2D eigenvalue weighted by Gasteiger charge is -2.20. The second-order valence-corrected chi connectivity index (χ2v) is 8.68. The Hall–Kier alpha value is -4.26. The van der Waals surface area contributed by atoms with Crippen LogP contribution < -0.4 is 10.6 Å². The van der Waals surface area contributed by atoms with Crippen molar-refractivity contribution in [2.45, 2.75) is 32.9 Å². The molecule has 0 aliphatic rings. The van der Waals surface area contributed by atoms with E-state index < -0.39 is 29.6 Å². The summed E-state index contributed by atoms with van der Waals surface area (Å²) in [5.74, 6) is -2.07. The molecular formula is C29H29FN2O4. The van der Waals surface area contributed by atoms with Gasteiger partial charge in [-0.05, 0) is 53.8 Å². The van der Waals surface area contributed by atoms with E-state index in [4.69, 9.17) is 4.74 Å². The molecule has 0 aliphatic carbocycles. The minimum Gasteiger partial charge on any atom is -0.459 e. The zero-order valence-electron chi connectivity index (χ0n) is 20.2. The summed E-state index contributed by atoms with van der Waals surface area (Å²) in [4.78, 5) is 38.9. The molecular weight excluding hydrogens is 459 g/mol. The fraction of sp³-hybridized carbons (Fsp3) is 0.207. The number of carbonyl (C=O) groups excluding carboxylic acids is 3. The summed E-state index contributed by atoms with van der Waals surface area (Å²) in [7, 11) is 0. The monoisotopic (exact) mass is 488 g/mol. The van der Waals surface area contributed by atoms with Crippen LogP contribution in [0, 0.1) is 11.7 Å². The van der Waals surface area contributed by atoms with Crippen molar-refractivity contribution in [3.63, 3.8) is 0 Å². The molecule has 1 atom stereocenters. The third kappa shape index (κ3) is 8.20.